The lowest BCUT2D eigenvalue weighted by atomic mass is 9.29. The molecule has 130 heavy (non-hydrogen) atoms. The maximum atomic E-state index is 3.24. The lowest BCUT2D eigenvalue weighted by Gasteiger charge is -2.75. The Kier molecular flexibility index (Phi) is 92.3. The summed E-state index contributed by atoms with van der Waals surface area (Å²) in [7, 11) is 0. The first-order valence-corrected chi connectivity index (χ1v) is 63.3. The van der Waals surface area contributed by atoms with Crippen molar-refractivity contribution < 1.29 is 0 Å². The topological polar surface area (TPSA) is 0 Å². The summed E-state index contributed by atoms with van der Waals surface area (Å²) in [5.74, 6) is 8.61. The van der Waals surface area contributed by atoms with Crippen LogP contribution < -0.4 is 0 Å². The Bertz CT molecular complexity index is 2230. The van der Waals surface area contributed by atoms with Crippen molar-refractivity contribution >= 4 is 0 Å². The summed E-state index contributed by atoms with van der Waals surface area (Å²) in [5.41, 5.74) is 0.707. The van der Waals surface area contributed by atoms with Gasteiger partial charge in [0.2, 0.25) is 0 Å². The smallest absolute Gasteiger partial charge is 0.0145 e. The van der Waals surface area contributed by atoms with E-state index in [4.69, 9.17) is 0 Å². The van der Waals surface area contributed by atoms with Crippen molar-refractivity contribution in [3.63, 3.8) is 0 Å². The van der Waals surface area contributed by atoms with Crippen molar-refractivity contribution in [2.45, 2.75) is 736 Å². The molecule has 0 aliphatic rings. The average Bonchev–Trinajstić information content (AvgIpc) is 0.670. The van der Waals surface area contributed by atoms with Gasteiger partial charge in [0.15, 0.2) is 0 Å². The third kappa shape index (κ3) is 57.0. The molecule has 0 aliphatic carbocycles. The SMILES string of the molecule is CCCCCCCC=CCCCCCC(CC(CCC)CCCCC)(C(C)CC(CCC)CCCCC)C(CC(CCC)CCCCC)(C(CC)CCCCCCCCCCC)C(CC(CC)CCCCCCCCCC)(CC(CCC)CCCCC)C(CCC)(CCC(CC)CCCCCCCCC)C(CCCC(CC)CCCCCCCC)CC(CCC)CCCCC. The summed E-state index contributed by atoms with van der Waals surface area (Å²) < 4.78 is 0. The van der Waals surface area contributed by atoms with Crippen LogP contribution in [0.5, 0.6) is 0 Å². The van der Waals surface area contributed by atoms with Crippen molar-refractivity contribution in [2.75, 3.05) is 0 Å². The van der Waals surface area contributed by atoms with Crippen LogP contribution in [0, 0.1) is 86.8 Å². The van der Waals surface area contributed by atoms with Crippen LogP contribution in [0.4, 0.5) is 0 Å². The highest BCUT2D eigenvalue weighted by Crippen LogP contribution is 2.80. The van der Waals surface area contributed by atoms with Gasteiger partial charge in [-0.1, -0.05) is 646 Å². The van der Waals surface area contributed by atoms with E-state index < -0.39 is 0 Å². The molecule has 0 aromatic rings. The Hall–Kier alpha value is -0.260. The van der Waals surface area contributed by atoms with Crippen LogP contribution in [0.2, 0.25) is 0 Å². The normalized spacial score (nSPS) is 16.7. The van der Waals surface area contributed by atoms with Gasteiger partial charge in [0.25, 0.3) is 0 Å². The molecule has 0 fully saturated rings. The number of allylic oxidation sites excluding steroid dienone is 2. The van der Waals surface area contributed by atoms with E-state index in [2.05, 4.69) is 158 Å². The number of rotatable bonds is 107. The van der Waals surface area contributed by atoms with Crippen molar-refractivity contribution in [3.05, 3.63) is 12.2 Å². The van der Waals surface area contributed by atoms with Crippen LogP contribution in [0.3, 0.4) is 0 Å². The lowest BCUT2D eigenvalue weighted by molar-refractivity contribution is -0.270. The fourth-order valence-corrected chi connectivity index (χ4v) is 28.7. The second-order valence-electron chi connectivity index (χ2n) is 46.8. The zero-order chi connectivity index (χ0) is 95.8. The Morgan fingerprint density at radius 3 is 0.823 bits per heavy atom. The summed E-state index contributed by atoms with van der Waals surface area (Å²) >= 11 is 0. The van der Waals surface area contributed by atoms with E-state index in [1.807, 2.05) is 0 Å². The molecule has 0 aromatic heterocycles. The summed E-state index contributed by atoms with van der Waals surface area (Å²) in [6, 6.07) is 0. The van der Waals surface area contributed by atoms with Crippen molar-refractivity contribution in [1.29, 1.82) is 0 Å². The van der Waals surface area contributed by atoms with Crippen LogP contribution in [0.1, 0.15) is 736 Å². The van der Waals surface area contributed by atoms with Crippen LogP contribution >= 0.6 is 0 Å². The first-order chi connectivity index (χ1) is 63.6. The Balaban J connectivity index is 12.6. The minimum Gasteiger partial charge on any atom is -0.0885 e. The molecule has 0 saturated heterocycles. The van der Waals surface area contributed by atoms with Gasteiger partial charge < -0.3 is 0 Å². The summed E-state index contributed by atoms with van der Waals surface area (Å²) in [5, 5.41) is 0. The van der Waals surface area contributed by atoms with Crippen molar-refractivity contribution in [2.24, 2.45) is 86.8 Å². The Morgan fingerprint density at radius 1 is 0.169 bits per heavy atom. The minimum atomic E-state index is 0.151. The third-order valence-electron chi connectivity index (χ3n) is 36.0. The van der Waals surface area contributed by atoms with Gasteiger partial charge >= 0.3 is 0 Å². The third-order valence-corrected chi connectivity index (χ3v) is 36.0. The molecule has 0 aromatic carbocycles. The van der Waals surface area contributed by atoms with Gasteiger partial charge in [-0.15, -0.1) is 0 Å². The van der Waals surface area contributed by atoms with E-state index in [1.165, 1.54) is 552 Å². The van der Waals surface area contributed by atoms with Gasteiger partial charge in [0.05, 0.1) is 0 Å². The van der Waals surface area contributed by atoms with E-state index in [0.717, 1.165) is 59.2 Å². The molecule has 0 aliphatic heterocycles. The molecule has 0 spiro atoms. The minimum absolute atomic E-state index is 0.151. The average molecular weight is 1820 g/mol. The fourth-order valence-electron chi connectivity index (χ4n) is 28.7. The first-order valence-electron chi connectivity index (χ1n) is 63.3. The highest BCUT2D eigenvalue weighted by Gasteiger charge is 2.72. The predicted molar refractivity (Wildman–Crippen MR) is 601 cm³/mol. The molecule has 15 unspecified atom stereocenters. The van der Waals surface area contributed by atoms with Crippen LogP contribution in [0.15, 0.2) is 12.2 Å². The second kappa shape index (κ2) is 92.5. The summed E-state index contributed by atoms with van der Waals surface area (Å²) in [6.07, 6.45) is 138. The second-order valence-corrected chi connectivity index (χ2v) is 46.8. The fraction of sp³-hybridized carbons (Fsp3) is 0.985. The van der Waals surface area contributed by atoms with E-state index >= 15 is 0 Å². The predicted octanol–water partition coefficient (Wildman–Crippen LogP) is 48.6. The van der Waals surface area contributed by atoms with E-state index in [-0.39, 0.29) is 21.7 Å². The molecular weight excluding hydrogens is 1560 g/mol. The molecule has 15 atom stereocenters. The molecule has 0 heteroatoms. The van der Waals surface area contributed by atoms with Gasteiger partial charge in [0.1, 0.15) is 0 Å². The molecule has 0 nitrogen and oxygen atoms in total. The molecule has 0 saturated carbocycles. The Morgan fingerprint density at radius 2 is 0.446 bits per heavy atom. The van der Waals surface area contributed by atoms with Gasteiger partial charge in [0, 0.05) is 0 Å². The standard InChI is InChI=1S/C130H260/c1-22-42-52-57-62-65-66-67-69-73-78-88-108-128(112-122(92-34-13)100-81-49-29-8,116(21)110-120(90-32-11)98-79-47-27-6)130(115-124(94-36-15)102-83-51-31-10,125(41-20)104-87-77-72-68-63-58-53-43-23-2)129(114-123(93-35-14)101-82-50-30-9,113-119(40-19)97-86-76-71-64-59-54-44-24-3)127(107-37-16,109-106-118(39-18)96-85-75-70-60-55-45-25-4)126(111-121(91-33-12)99-80-48-28-7)105-89-103-117(38-17)95-84-74-61-56-46-26-5/h66-67,116-126H,22-65,68-115H2,1-21H3. The highest BCUT2D eigenvalue weighted by molar-refractivity contribution is 5.21. The molecule has 0 heterocycles. The first kappa shape index (κ1) is 130. The zero-order valence-corrected chi connectivity index (χ0v) is 95.6. The van der Waals surface area contributed by atoms with Gasteiger partial charge in [-0.05, 0) is 189 Å². The van der Waals surface area contributed by atoms with E-state index in [1.54, 1.807) is 38.5 Å². The molecule has 0 radical (unpaired) electrons. The molecule has 0 amide bonds. The summed E-state index contributed by atoms with van der Waals surface area (Å²) in [6.45, 7) is 56.0. The van der Waals surface area contributed by atoms with Crippen molar-refractivity contribution in [3.8, 4) is 0 Å². The van der Waals surface area contributed by atoms with Crippen LogP contribution in [0.25, 0.3) is 0 Å². The van der Waals surface area contributed by atoms with Crippen LogP contribution in [-0.4, -0.2) is 0 Å². The largest absolute Gasteiger partial charge is 0.0885 e. The number of hydrogen-bond donors (Lipinski definition) is 0. The van der Waals surface area contributed by atoms with E-state index in [9.17, 15) is 0 Å². The molecule has 780 valence electrons. The Labute approximate surface area is 829 Å². The van der Waals surface area contributed by atoms with Gasteiger partial charge in [-0.25, -0.2) is 0 Å². The summed E-state index contributed by atoms with van der Waals surface area (Å²) in [4.78, 5) is 0. The zero-order valence-electron chi connectivity index (χ0n) is 95.6. The molecule has 0 bridgehead atoms. The quantitative estimate of drug-likeness (QED) is 0.0421. The van der Waals surface area contributed by atoms with E-state index in [0.29, 0.717) is 5.92 Å². The number of hydrogen-bond acceptors (Lipinski definition) is 0. The molecular formula is C130H260. The highest BCUT2D eigenvalue weighted by atomic mass is 14.8. The van der Waals surface area contributed by atoms with Gasteiger partial charge in [-0.2, -0.15) is 0 Å². The van der Waals surface area contributed by atoms with Gasteiger partial charge in [-0.3, -0.25) is 0 Å². The molecule has 0 N–H and O–H groups in total. The molecule has 0 rings (SSSR count). The lowest BCUT2D eigenvalue weighted by Crippen LogP contribution is -2.68. The number of unbranched alkanes of at least 4 members (excludes halogenated alkanes) is 44. The van der Waals surface area contributed by atoms with Crippen molar-refractivity contribution in [1.82, 2.24) is 0 Å². The maximum absolute atomic E-state index is 3.24. The monoisotopic (exact) mass is 1820 g/mol. The van der Waals surface area contributed by atoms with Crippen LogP contribution in [-0.2, 0) is 0 Å². The maximum Gasteiger partial charge on any atom is -0.0145 e.